The van der Waals surface area contributed by atoms with Crippen molar-refractivity contribution in [3.05, 3.63) is 34.9 Å². The van der Waals surface area contributed by atoms with Gasteiger partial charge in [-0.2, -0.15) is 8.42 Å². The van der Waals surface area contributed by atoms with Crippen molar-refractivity contribution in [2.45, 2.75) is 19.3 Å². The smallest absolute Gasteiger partial charge is 0.394 e. The number of hydrogen-bond donors (Lipinski definition) is 8. The number of rotatable bonds is 6. The Kier molecular flexibility index (Phi) is 20.4. The number of hydrogen-bond acceptors (Lipinski definition) is 8. The summed E-state index contributed by atoms with van der Waals surface area (Å²) in [5.74, 6) is 0. The van der Waals surface area contributed by atoms with Crippen molar-refractivity contribution in [1.29, 1.82) is 0 Å². The van der Waals surface area contributed by atoms with Gasteiger partial charge in [-0.15, -0.1) is 0 Å². The molecule has 0 atom stereocenters. The Balaban J connectivity index is -0.000000199. The van der Waals surface area contributed by atoms with Crippen LogP contribution in [0, 0.1) is 0 Å². The zero-order valence-corrected chi connectivity index (χ0v) is 13.9. The number of benzene rings is 1. The third-order valence-corrected chi connectivity index (χ3v) is 2.31. The molecule has 0 spiro atoms. The second-order valence-electron chi connectivity index (χ2n) is 4.03. The van der Waals surface area contributed by atoms with E-state index in [-0.39, 0.29) is 38.3 Å². The Morgan fingerprint density at radius 2 is 0.826 bits per heavy atom. The van der Waals surface area contributed by atoms with Crippen molar-refractivity contribution in [3.63, 3.8) is 0 Å². The van der Waals surface area contributed by atoms with Crippen LogP contribution >= 0.6 is 0 Å². The zero-order chi connectivity index (χ0) is 15.6. The molecule has 0 aliphatic heterocycles. The second kappa shape index (κ2) is 15.7. The van der Waals surface area contributed by atoms with E-state index in [1.165, 1.54) is 0 Å². The molecule has 0 aliphatic rings. The quantitative estimate of drug-likeness (QED) is 0.319. The van der Waals surface area contributed by atoms with Gasteiger partial charge in [-0.05, 0) is 36.0 Å². The van der Waals surface area contributed by atoms with E-state index in [1.807, 2.05) is 18.2 Å². The maximum Gasteiger partial charge on any atom is 0.394 e. The van der Waals surface area contributed by atoms with Gasteiger partial charge in [0.15, 0.2) is 0 Å². The average molecular weight is 359 g/mol. The average Bonchev–Trinajstić information content (AvgIpc) is 2.27. The molecule has 0 heterocycles. The molecule has 1 aromatic rings. The fourth-order valence-electron chi connectivity index (χ4n) is 1.66. The van der Waals surface area contributed by atoms with E-state index in [4.69, 9.17) is 32.8 Å². The Morgan fingerprint density at radius 1 is 0.652 bits per heavy atom. The molecule has 0 bridgehead atoms. The summed E-state index contributed by atoms with van der Waals surface area (Å²) < 4.78 is 31.6. The van der Waals surface area contributed by atoms with Gasteiger partial charge in [0.05, 0.1) is 0 Å². The molecule has 1 rings (SSSR count). The molecule has 1 aromatic carbocycles. The van der Waals surface area contributed by atoms with E-state index in [0.717, 1.165) is 16.7 Å². The van der Waals surface area contributed by atoms with Crippen molar-refractivity contribution in [2.75, 3.05) is 19.8 Å². The molecule has 23 heavy (non-hydrogen) atoms. The largest absolute Gasteiger partial charge is 0.396 e. The summed E-state index contributed by atoms with van der Waals surface area (Å²) in [6.07, 6.45) is 1.87. The van der Waals surface area contributed by atoms with E-state index in [1.54, 1.807) is 0 Å². The van der Waals surface area contributed by atoms with E-state index in [2.05, 4.69) is 0 Å². The molecule has 0 aliphatic carbocycles. The van der Waals surface area contributed by atoms with Crippen LogP contribution in [-0.2, 0) is 29.7 Å². The highest BCUT2D eigenvalue weighted by Crippen LogP contribution is 2.12. The Labute approximate surface area is 136 Å². The molecule has 140 valence electrons. The van der Waals surface area contributed by atoms with Gasteiger partial charge in [-0.25, -0.2) is 0 Å². The lowest BCUT2D eigenvalue weighted by Gasteiger charge is -2.07. The van der Waals surface area contributed by atoms with Crippen LogP contribution in [0.1, 0.15) is 16.7 Å². The number of aliphatic hydroxyl groups excluding tert-OH is 3. The van der Waals surface area contributed by atoms with Crippen molar-refractivity contribution < 1.29 is 32.8 Å². The van der Waals surface area contributed by atoms with Crippen LogP contribution < -0.4 is 18.5 Å². The highest BCUT2D eigenvalue weighted by atomic mass is 32.3. The Hall–Kier alpha value is -1.15. The maximum absolute atomic E-state index is 8.86. The van der Waals surface area contributed by atoms with Crippen molar-refractivity contribution >= 4 is 10.4 Å². The predicted molar refractivity (Wildman–Crippen MR) is 88.1 cm³/mol. The van der Waals surface area contributed by atoms with Crippen molar-refractivity contribution in [2.24, 2.45) is 0 Å². The lowest BCUT2D eigenvalue weighted by molar-refractivity contribution is 0.296. The summed E-state index contributed by atoms with van der Waals surface area (Å²) >= 11 is 0. The first kappa shape index (κ1) is 29.8. The minimum Gasteiger partial charge on any atom is -0.396 e. The van der Waals surface area contributed by atoms with Gasteiger partial charge in [-0.3, -0.25) is 9.11 Å². The topological polar surface area (TPSA) is 240 Å². The van der Waals surface area contributed by atoms with E-state index >= 15 is 0 Å². The van der Waals surface area contributed by atoms with Gasteiger partial charge in [-0.1, -0.05) is 18.2 Å². The fraction of sp³-hybridized carbons (Fsp3) is 0.500. The van der Waals surface area contributed by atoms with Crippen molar-refractivity contribution in [3.8, 4) is 0 Å². The van der Waals surface area contributed by atoms with Crippen LogP contribution in [0.3, 0.4) is 0 Å². The SMILES string of the molecule is N.N.N.O=S(=O)(O)O.OCCc1cc(CCO)cc(CCO)c1. The van der Waals surface area contributed by atoms with Crippen LogP contribution in [0.5, 0.6) is 0 Å². The van der Waals surface area contributed by atoms with Gasteiger partial charge in [0.2, 0.25) is 0 Å². The monoisotopic (exact) mass is 359 g/mol. The summed E-state index contributed by atoms with van der Waals surface area (Å²) in [6.45, 7) is 0.378. The highest BCUT2D eigenvalue weighted by Gasteiger charge is 2.01. The standard InChI is InChI=1S/C12H18O3.3H3N.H2O4S/c13-4-1-10-7-11(2-5-14)9-12(8-10)3-6-15;;;;1-5(2,3)4/h7-9,13-15H,1-6H2;3*1H3;(H2,1,2,3,4). The minimum atomic E-state index is -4.67. The first-order chi connectivity index (χ1) is 9.30. The normalized spacial score (nSPS) is 9.43. The molecule has 0 saturated heterocycles. The van der Waals surface area contributed by atoms with Gasteiger partial charge >= 0.3 is 10.4 Å². The lowest BCUT2D eigenvalue weighted by atomic mass is 10.0. The third-order valence-electron chi connectivity index (χ3n) is 2.31. The van der Waals surface area contributed by atoms with Crippen LogP contribution in [-0.4, -0.2) is 52.7 Å². The molecule has 0 saturated carbocycles. The van der Waals surface area contributed by atoms with Gasteiger partial charge in [0.1, 0.15) is 0 Å². The van der Waals surface area contributed by atoms with Crippen molar-refractivity contribution in [1.82, 2.24) is 18.5 Å². The molecule has 0 amide bonds. The molecule has 11 heteroatoms. The molecule has 0 radical (unpaired) electrons. The van der Waals surface area contributed by atoms with E-state index < -0.39 is 10.4 Å². The Morgan fingerprint density at radius 3 is 0.957 bits per heavy atom. The van der Waals surface area contributed by atoms with Crippen LogP contribution in [0.4, 0.5) is 0 Å². The first-order valence-electron chi connectivity index (χ1n) is 5.94. The van der Waals surface area contributed by atoms with Gasteiger partial charge in [0, 0.05) is 19.8 Å². The van der Waals surface area contributed by atoms with Gasteiger partial charge < -0.3 is 33.8 Å². The van der Waals surface area contributed by atoms with Crippen LogP contribution in [0.25, 0.3) is 0 Å². The van der Waals surface area contributed by atoms with Crippen LogP contribution in [0.15, 0.2) is 18.2 Å². The van der Waals surface area contributed by atoms with E-state index in [0.29, 0.717) is 19.3 Å². The molecule has 0 aromatic heterocycles. The molecule has 0 fully saturated rings. The number of aliphatic hydroxyl groups is 3. The highest BCUT2D eigenvalue weighted by molar-refractivity contribution is 7.79. The summed E-state index contributed by atoms with van der Waals surface area (Å²) in [7, 11) is -4.67. The minimum absolute atomic E-state index is 0. The Bertz CT molecular complexity index is 429. The molecular weight excluding hydrogens is 330 g/mol. The lowest BCUT2D eigenvalue weighted by Crippen LogP contribution is -2.00. The molecule has 14 N–H and O–H groups in total. The van der Waals surface area contributed by atoms with Crippen LogP contribution in [0.2, 0.25) is 0 Å². The fourth-order valence-corrected chi connectivity index (χ4v) is 1.66. The molecular formula is C12H29N3O7S. The van der Waals surface area contributed by atoms with Gasteiger partial charge in [0.25, 0.3) is 0 Å². The summed E-state index contributed by atoms with van der Waals surface area (Å²) in [5, 5.41) is 26.6. The maximum atomic E-state index is 8.86. The van der Waals surface area contributed by atoms with E-state index in [9.17, 15) is 0 Å². The second-order valence-corrected chi connectivity index (χ2v) is 4.92. The third kappa shape index (κ3) is 18.8. The summed E-state index contributed by atoms with van der Waals surface area (Å²) in [5.41, 5.74) is 3.19. The molecule has 10 nitrogen and oxygen atoms in total. The first-order valence-corrected chi connectivity index (χ1v) is 7.34. The predicted octanol–water partition coefficient (Wildman–Crippen LogP) is 0.124. The molecule has 0 unspecified atom stereocenters. The summed E-state index contributed by atoms with van der Waals surface area (Å²) in [6, 6.07) is 5.98. The summed E-state index contributed by atoms with van der Waals surface area (Å²) in [4.78, 5) is 0. The zero-order valence-electron chi connectivity index (χ0n) is 13.1.